The van der Waals surface area contributed by atoms with Gasteiger partial charge >= 0.3 is 0 Å². The van der Waals surface area contributed by atoms with Crippen molar-refractivity contribution in [1.82, 2.24) is 0 Å². The molecule has 15 heavy (non-hydrogen) atoms. The van der Waals surface area contributed by atoms with Crippen LogP contribution in [0.5, 0.6) is 0 Å². The van der Waals surface area contributed by atoms with Gasteiger partial charge in [0.25, 0.3) is 0 Å². The van der Waals surface area contributed by atoms with Crippen LogP contribution in [0.4, 0.5) is 0 Å². The second kappa shape index (κ2) is 3.79. The highest BCUT2D eigenvalue weighted by atomic mass is 14.5. The Morgan fingerprint density at radius 2 is 1.40 bits per heavy atom. The Hall–Kier alpha value is 0. The molecule has 0 aliphatic heterocycles. The van der Waals surface area contributed by atoms with Crippen molar-refractivity contribution < 1.29 is 0 Å². The van der Waals surface area contributed by atoms with Crippen molar-refractivity contribution in [1.29, 1.82) is 0 Å². The SMILES string of the molecule is CC1CCC(C2CC3CCC2C3)CC1C. The molecule has 3 fully saturated rings. The van der Waals surface area contributed by atoms with Gasteiger partial charge in [0, 0.05) is 0 Å². The van der Waals surface area contributed by atoms with Crippen LogP contribution < -0.4 is 0 Å². The third-order valence-electron chi connectivity index (χ3n) is 6.04. The molecule has 86 valence electrons. The van der Waals surface area contributed by atoms with E-state index in [0.717, 1.165) is 35.5 Å². The molecular weight excluding hydrogens is 180 g/mol. The smallest absolute Gasteiger partial charge is 0.0355 e. The third-order valence-corrected chi connectivity index (χ3v) is 6.04. The Labute approximate surface area is 94.8 Å². The summed E-state index contributed by atoms with van der Waals surface area (Å²) >= 11 is 0. The van der Waals surface area contributed by atoms with E-state index in [-0.39, 0.29) is 0 Å². The third kappa shape index (κ3) is 1.74. The number of fused-ring (bicyclic) bond motifs is 2. The Morgan fingerprint density at radius 1 is 0.667 bits per heavy atom. The fourth-order valence-electron chi connectivity index (χ4n) is 4.85. The minimum absolute atomic E-state index is 1.000. The average Bonchev–Trinajstić information content (AvgIpc) is 2.83. The molecule has 3 rings (SSSR count). The molecule has 0 aromatic carbocycles. The lowest BCUT2D eigenvalue weighted by atomic mass is 9.67. The van der Waals surface area contributed by atoms with Gasteiger partial charge in [0.2, 0.25) is 0 Å². The minimum atomic E-state index is 1.000. The highest BCUT2D eigenvalue weighted by Gasteiger charge is 2.44. The van der Waals surface area contributed by atoms with Gasteiger partial charge in [0.05, 0.1) is 0 Å². The topological polar surface area (TPSA) is 0 Å². The zero-order valence-corrected chi connectivity index (χ0v) is 10.4. The maximum atomic E-state index is 2.49. The van der Waals surface area contributed by atoms with Gasteiger partial charge in [-0.3, -0.25) is 0 Å². The summed E-state index contributed by atoms with van der Waals surface area (Å²) in [7, 11) is 0. The molecule has 0 amide bonds. The van der Waals surface area contributed by atoms with Crippen molar-refractivity contribution >= 4 is 0 Å². The molecule has 0 aromatic heterocycles. The standard InChI is InChI=1S/C15H26/c1-10-3-5-13(7-11(10)2)15-9-12-4-6-14(15)8-12/h10-15H,3-9H2,1-2H3. The van der Waals surface area contributed by atoms with Crippen LogP contribution in [0.3, 0.4) is 0 Å². The summed E-state index contributed by atoms with van der Waals surface area (Å²) in [6, 6.07) is 0. The van der Waals surface area contributed by atoms with Crippen LogP contribution in [0.1, 0.15) is 58.8 Å². The van der Waals surface area contributed by atoms with E-state index in [4.69, 9.17) is 0 Å². The first-order chi connectivity index (χ1) is 7.24. The zero-order valence-electron chi connectivity index (χ0n) is 10.4. The lowest BCUT2D eigenvalue weighted by molar-refractivity contribution is 0.121. The summed E-state index contributed by atoms with van der Waals surface area (Å²) in [6.45, 7) is 4.95. The van der Waals surface area contributed by atoms with E-state index in [1.165, 1.54) is 6.42 Å². The fraction of sp³-hybridized carbons (Fsp3) is 1.00. The molecule has 3 aliphatic carbocycles. The van der Waals surface area contributed by atoms with Crippen LogP contribution in [-0.2, 0) is 0 Å². The lowest BCUT2D eigenvalue weighted by Crippen LogP contribution is -2.29. The van der Waals surface area contributed by atoms with Crippen molar-refractivity contribution in [3.63, 3.8) is 0 Å². The average molecular weight is 206 g/mol. The molecule has 0 spiro atoms. The first-order valence-electron chi connectivity index (χ1n) is 7.24. The monoisotopic (exact) mass is 206 g/mol. The molecular formula is C15H26. The van der Waals surface area contributed by atoms with Gasteiger partial charge in [0.1, 0.15) is 0 Å². The molecule has 0 nitrogen and oxygen atoms in total. The van der Waals surface area contributed by atoms with Crippen molar-refractivity contribution in [2.45, 2.75) is 58.8 Å². The van der Waals surface area contributed by atoms with Gasteiger partial charge in [0.15, 0.2) is 0 Å². The molecule has 0 N–H and O–H groups in total. The Bertz CT molecular complexity index is 232. The van der Waals surface area contributed by atoms with E-state index in [1.807, 2.05) is 0 Å². The van der Waals surface area contributed by atoms with Crippen LogP contribution in [0, 0.1) is 35.5 Å². The van der Waals surface area contributed by atoms with Gasteiger partial charge in [-0.05, 0) is 67.6 Å². The van der Waals surface area contributed by atoms with Gasteiger partial charge in [-0.15, -0.1) is 0 Å². The molecule has 0 radical (unpaired) electrons. The molecule has 6 atom stereocenters. The maximum Gasteiger partial charge on any atom is -0.0355 e. The van der Waals surface area contributed by atoms with Crippen molar-refractivity contribution in [3.8, 4) is 0 Å². The molecule has 0 heterocycles. The van der Waals surface area contributed by atoms with Crippen LogP contribution in [0.15, 0.2) is 0 Å². The Balaban J connectivity index is 1.63. The second-order valence-corrected chi connectivity index (χ2v) is 6.87. The van der Waals surface area contributed by atoms with Crippen molar-refractivity contribution in [3.05, 3.63) is 0 Å². The second-order valence-electron chi connectivity index (χ2n) is 6.87. The highest BCUT2D eigenvalue weighted by Crippen LogP contribution is 2.54. The maximum absolute atomic E-state index is 2.49. The van der Waals surface area contributed by atoms with Gasteiger partial charge in [-0.2, -0.15) is 0 Å². The summed E-state index contributed by atoms with van der Waals surface area (Å²) in [5.74, 6) is 6.57. The van der Waals surface area contributed by atoms with Crippen molar-refractivity contribution in [2.75, 3.05) is 0 Å². The van der Waals surface area contributed by atoms with E-state index >= 15 is 0 Å². The van der Waals surface area contributed by atoms with E-state index in [1.54, 1.807) is 38.5 Å². The van der Waals surface area contributed by atoms with Crippen LogP contribution in [-0.4, -0.2) is 0 Å². The molecule has 0 heteroatoms. The Kier molecular flexibility index (Phi) is 2.57. The van der Waals surface area contributed by atoms with Gasteiger partial charge in [-0.25, -0.2) is 0 Å². The van der Waals surface area contributed by atoms with Crippen molar-refractivity contribution in [2.24, 2.45) is 35.5 Å². The van der Waals surface area contributed by atoms with E-state index in [0.29, 0.717) is 0 Å². The quantitative estimate of drug-likeness (QED) is 0.593. The normalized spacial score (nSPS) is 54.8. The van der Waals surface area contributed by atoms with E-state index < -0.39 is 0 Å². The summed E-state index contributed by atoms with van der Waals surface area (Å²) in [4.78, 5) is 0. The molecule has 6 unspecified atom stereocenters. The largest absolute Gasteiger partial charge is 0.0623 e. The van der Waals surface area contributed by atoms with Gasteiger partial charge in [-0.1, -0.05) is 26.7 Å². The predicted octanol–water partition coefficient (Wildman–Crippen LogP) is 4.49. The van der Waals surface area contributed by atoms with Crippen LogP contribution >= 0.6 is 0 Å². The summed E-state index contributed by atoms with van der Waals surface area (Å²) in [6.07, 6.45) is 11.0. The van der Waals surface area contributed by atoms with Crippen LogP contribution in [0.25, 0.3) is 0 Å². The predicted molar refractivity (Wildman–Crippen MR) is 64.6 cm³/mol. The van der Waals surface area contributed by atoms with Gasteiger partial charge < -0.3 is 0 Å². The number of hydrogen-bond acceptors (Lipinski definition) is 0. The number of rotatable bonds is 1. The van der Waals surface area contributed by atoms with E-state index in [2.05, 4.69) is 13.8 Å². The van der Waals surface area contributed by atoms with Crippen LogP contribution in [0.2, 0.25) is 0 Å². The summed E-state index contributed by atoms with van der Waals surface area (Å²) < 4.78 is 0. The highest BCUT2D eigenvalue weighted by molar-refractivity contribution is 4.94. The van der Waals surface area contributed by atoms with E-state index in [9.17, 15) is 0 Å². The molecule has 2 bridgehead atoms. The molecule has 3 saturated carbocycles. The summed E-state index contributed by atoms with van der Waals surface area (Å²) in [5, 5.41) is 0. The molecule has 3 aliphatic rings. The molecule has 0 aromatic rings. The fourth-order valence-corrected chi connectivity index (χ4v) is 4.85. The minimum Gasteiger partial charge on any atom is -0.0623 e. The first kappa shape index (κ1) is 10.2. The summed E-state index contributed by atoms with van der Waals surface area (Å²) in [5.41, 5.74) is 0. The lowest BCUT2D eigenvalue weighted by Gasteiger charge is -2.38. The number of hydrogen-bond donors (Lipinski definition) is 0. The first-order valence-corrected chi connectivity index (χ1v) is 7.24. The molecule has 0 saturated heterocycles. The zero-order chi connectivity index (χ0) is 10.4. The Morgan fingerprint density at radius 3 is 2.00 bits per heavy atom.